The summed E-state index contributed by atoms with van der Waals surface area (Å²) in [7, 11) is 0. The predicted octanol–water partition coefficient (Wildman–Crippen LogP) is 3.45. The van der Waals surface area contributed by atoms with Gasteiger partial charge in [0.25, 0.3) is 5.69 Å². The Labute approximate surface area is 171 Å². The lowest BCUT2D eigenvalue weighted by molar-refractivity contribution is -0.383. The highest BCUT2D eigenvalue weighted by atomic mass is 16.6. The van der Waals surface area contributed by atoms with Gasteiger partial charge >= 0.3 is 5.97 Å². The number of carboxylic acid groups (broad SMARTS) is 1. The fraction of sp³-hybridized carbons (Fsp3) is 0.190. The van der Waals surface area contributed by atoms with E-state index in [1.807, 2.05) is 6.08 Å². The van der Waals surface area contributed by atoms with E-state index in [1.165, 1.54) is 42.5 Å². The van der Waals surface area contributed by atoms with Gasteiger partial charge in [-0.1, -0.05) is 24.3 Å². The molecule has 1 aliphatic rings. The number of carbonyl (C=O) groups excluding carboxylic acids is 2. The van der Waals surface area contributed by atoms with E-state index in [2.05, 4.69) is 10.6 Å². The minimum absolute atomic E-state index is 0.0745. The Hall–Kier alpha value is -4.01. The normalized spacial score (nSPS) is 17.7. The molecule has 2 aromatic rings. The second kappa shape index (κ2) is 8.99. The van der Waals surface area contributed by atoms with Crippen molar-refractivity contribution in [1.29, 1.82) is 0 Å². The largest absolute Gasteiger partial charge is 0.478 e. The maximum Gasteiger partial charge on any atom is 0.335 e. The highest BCUT2D eigenvalue weighted by Crippen LogP contribution is 2.30. The zero-order valence-corrected chi connectivity index (χ0v) is 15.8. The molecular weight excluding hydrogens is 390 g/mol. The highest BCUT2D eigenvalue weighted by Gasteiger charge is 2.34. The number of carbonyl (C=O) groups is 3. The van der Waals surface area contributed by atoms with Gasteiger partial charge in [-0.05, 0) is 43.2 Å². The van der Waals surface area contributed by atoms with E-state index < -0.39 is 28.6 Å². The van der Waals surface area contributed by atoms with Crippen LogP contribution in [0.25, 0.3) is 0 Å². The van der Waals surface area contributed by atoms with Crippen LogP contribution in [0.15, 0.2) is 60.7 Å². The SMILES string of the molecule is O=C(O)c1ccc(NC(=O)C2CC=CCC2C(=O)Nc2ccccc2[N+](=O)[O-])cc1. The molecule has 2 amide bonds. The third kappa shape index (κ3) is 4.69. The summed E-state index contributed by atoms with van der Waals surface area (Å²) in [4.78, 5) is 47.1. The summed E-state index contributed by atoms with van der Waals surface area (Å²) in [5.41, 5.74) is 0.356. The third-order valence-electron chi connectivity index (χ3n) is 4.86. The predicted molar refractivity (Wildman–Crippen MR) is 109 cm³/mol. The van der Waals surface area contributed by atoms with E-state index in [9.17, 15) is 24.5 Å². The first kappa shape index (κ1) is 20.7. The van der Waals surface area contributed by atoms with Gasteiger partial charge in [0.1, 0.15) is 5.69 Å². The number of anilines is 2. The minimum atomic E-state index is -1.07. The summed E-state index contributed by atoms with van der Waals surface area (Å²) in [6.45, 7) is 0. The number of hydrogen-bond donors (Lipinski definition) is 3. The van der Waals surface area contributed by atoms with Crippen molar-refractivity contribution in [1.82, 2.24) is 0 Å². The van der Waals surface area contributed by atoms with Crippen LogP contribution < -0.4 is 10.6 Å². The van der Waals surface area contributed by atoms with Crippen molar-refractivity contribution in [2.75, 3.05) is 10.6 Å². The van der Waals surface area contributed by atoms with Gasteiger partial charge in [-0.3, -0.25) is 19.7 Å². The number of para-hydroxylation sites is 2. The zero-order chi connectivity index (χ0) is 21.7. The van der Waals surface area contributed by atoms with Crippen molar-refractivity contribution in [2.24, 2.45) is 11.8 Å². The average molecular weight is 409 g/mol. The Morgan fingerprint density at radius 3 is 2.03 bits per heavy atom. The first-order valence-corrected chi connectivity index (χ1v) is 9.20. The van der Waals surface area contributed by atoms with E-state index in [4.69, 9.17) is 5.11 Å². The van der Waals surface area contributed by atoms with Crippen molar-refractivity contribution in [3.8, 4) is 0 Å². The molecular formula is C21H19N3O6. The molecule has 30 heavy (non-hydrogen) atoms. The first-order valence-electron chi connectivity index (χ1n) is 9.20. The minimum Gasteiger partial charge on any atom is -0.478 e. The van der Waals surface area contributed by atoms with Crippen LogP contribution in [0.3, 0.4) is 0 Å². The summed E-state index contributed by atoms with van der Waals surface area (Å²) in [5, 5.41) is 25.4. The summed E-state index contributed by atoms with van der Waals surface area (Å²) >= 11 is 0. The standard InChI is InChI=1S/C21H19N3O6/c25-19(22-14-11-9-13(10-12-14)21(27)28)15-5-1-2-6-16(15)20(26)23-17-7-3-4-8-18(17)24(29)30/h1-4,7-12,15-16H,5-6H2,(H,22,25)(H,23,26)(H,27,28). The number of aromatic carboxylic acids is 1. The Morgan fingerprint density at radius 1 is 0.900 bits per heavy atom. The molecule has 1 aliphatic carbocycles. The molecule has 0 aromatic heterocycles. The van der Waals surface area contributed by atoms with E-state index in [-0.39, 0.29) is 22.8 Å². The fourth-order valence-corrected chi connectivity index (χ4v) is 3.29. The van der Waals surface area contributed by atoms with Crippen LogP contribution in [0, 0.1) is 22.0 Å². The van der Waals surface area contributed by atoms with Crippen LogP contribution in [-0.4, -0.2) is 27.8 Å². The molecule has 0 spiro atoms. The summed E-state index contributed by atoms with van der Waals surface area (Å²) in [6.07, 6.45) is 4.28. The lowest BCUT2D eigenvalue weighted by Crippen LogP contribution is -2.37. The van der Waals surface area contributed by atoms with Gasteiger partial charge in [-0.15, -0.1) is 0 Å². The molecule has 0 aliphatic heterocycles. The number of benzene rings is 2. The molecule has 0 saturated carbocycles. The smallest absolute Gasteiger partial charge is 0.335 e. The second-order valence-corrected chi connectivity index (χ2v) is 6.79. The number of rotatable bonds is 6. The number of carboxylic acids is 1. The van der Waals surface area contributed by atoms with Crippen LogP contribution >= 0.6 is 0 Å². The monoisotopic (exact) mass is 409 g/mol. The Kier molecular flexibility index (Phi) is 6.21. The topological polar surface area (TPSA) is 139 Å². The summed E-state index contributed by atoms with van der Waals surface area (Å²) in [6, 6.07) is 11.5. The summed E-state index contributed by atoms with van der Waals surface area (Å²) in [5.74, 6) is -3.30. The number of allylic oxidation sites excluding steroid dienone is 2. The molecule has 2 unspecified atom stereocenters. The molecule has 0 bridgehead atoms. The molecule has 0 saturated heterocycles. The average Bonchev–Trinajstić information content (AvgIpc) is 2.74. The van der Waals surface area contributed by atoms with Crippen molar-refractivity contribution in [2.45, 2.75) is 12.8 Å². The maximum atomic E-state index is 12.8. The van der Waals surface area contributed by atoms with Gasteiger partial charge in [0.15, 0.2) is 0 Å². The molecule has 0 heterocycles. The van der Waals surface area contributed by atoms with Gasteiger partial charge in [-0.2, -0.15) is 0 Å². The number of nitrogens with zero attached hydrogens (tertiary/aromatic N) is 1. The number of amides is 2. The molecule has 0 radical (unpaired) electrons. The third-order valence-corrected chi connectivity index (χ3v) is 4.86. The molecule has 2 aromatic carbocycles. The van der Waals surface area contributed by atoms with Gasteiger partial charge in [-0.25, -0.2) is 4.79 Å². The van der Waals surface area contributed by atoms with Crippen LogP contribution in [0.4, 0.5) is 17.1 Å². The summed E-state index contributed by atoms with van der Waals surface area (Å²) < 4.78 is 0. The Morgan fingerprint density at radius 2 is 1.47 bits per heavy atom. The fourth-order valence-electron chi connectivity index (χ4n) is 3.29. The molecule has 9 nitrogen and oxygen atoms in total. The number of nitro benzene ring substituents is 1. The first-order chi connectivity index (χ1) is 14.4. The van der Waals surface area contributed by atoms with Crippen molar-refractivity contribution < 1.29 is 24.4 Å². The van der Waals surface area contributed by atoms with Crippen LogP contribution in [0.1, 0.15) is 23.2 Å². The lowest BCUT2D eigenvalue weighted by atomic mass is 9.81. The number of nitrogens with one attached hydrogen (secondary N) is 2. The zero-order valence-electron chi connectivity index (χ0n) is 15.8. The van der Waals surface area contributed by atoms with Gasteiger partial charge in [0.2, 0.25) is 11.8 Å². The molecule has 9 heteroatoms. The van der Waals surface area contributed by atoms with Gasteiger partial charge in [0.05, 0.1) is 22.3 Å². The Balaban J connectivity index is 1.73. The molecule has 0 fully saturated rings. The highest BCUT2D eigenvalue weighted by molar-refractivity contribution is 6.01. The molecule has 3 rings (SSSR count). The van der Waals surface area contributed by atoms with Crippen molar-refractivity contribution in [3.05, 3.63) is 76.4 Å². The molecule has 2 atom stereocenters. The van der Waals surface area contributed by atoms with Gasteiger partial charge in [0, 0.05) is 11.8 Å². The van der Waals surface area contributed by atoms with Crippen LogP contribution in [0.2, 0.25) is 0 Å². The second-order valence-electron chi connectivity index (χ2n) is 6.79. The van der Waals surface area contributed by atoms with Gasteiger partial charge < -0.3 is 15.7 Å². The van der Waals surface area contributed by atoms with E-state index >= 15 is 0 Å². The quantitative estimate of drug-likeness (QED) is 0.379. The molecule has 3 N–H and O–H groups in total. The number of hydrogen-bond acceptors (Lipinski definition) is 5. The van der Waals surface area contributed by atoms with Crippen LogP contribution in [-0.2, 0) is 9.59 Å². The number of nitro groups is 1. The van der Waals surface area contributed by atoms with Crippen molar-refractivity contribution >= 4 is 34.8 Å². The molecule has 154 valence electrons. The van der Waals surface area contributed by atoms with E-state index in [0.29, 0.717) is 18.5 Å². The Bertz CT molecular complexity index is 1020. The van der Waals surface area contributed by atoms with E-state index in [1.54, 1.807) is 12.1 Å². The maximum absolute atomic E-state index is 12.8. The van der Waals surface area contributed by atoms with Crippen LogP contribution in [0.5, 0.6) is 0 Å². The van der Waals surface area contributed by atoms with E-state index in [0.717, 1.165) is 0 Å². The lowest BCUT2D eigenvalue weighted by Gasteiger charge is -2.26. The van der Waals surface area contributed by atoms with Crippen molar-refractivity contribution in [3.63, 3.8) is 0 Å².